The van der Waals surface area contributed by atoms with Gasteiger partial charge in [0, 0.05) is 23.3 Å². The summed E-state index contributed by atoms with van der Waals surface area (Å²) >= 11 is 11.7. The van der Waals surface area contributed by atoms with Gasteiger partial charge in [-0.2, -0.15) is 0 Å². The van der Waals surface area contributed by atoms with Gasteiger partial charge in [-0.15, -0.1) is 0 Å². The fourth-order valence-electron chi connectivity index (χ4n) is 2.10. The van der Waals surface area contributed by atoms with Gasteiger partial charge in [0.25, 0.3) is 5.91 Å². The third-order valence-electron chi connectivity index (χ3n) is 3.39. The Labute approximate surface area is 171 Å². The molecule has 0 fully saturated rings. The first-order valence-corrected chi connectivity index (χ1v) is 8.96. The number of hydrogen-bond acceptors (Lipinski definition) is 5. The van der Waals surface area contributed by atoms with Gasteiger partial charge in [-0.3, -0.25) is 9.59 Å². The molecule has 0 unspecified atom stereocenters. The van der Waals surface area contributed by atoms with Gasteiger partial charge in [0.15, 0.2) is 12.7 Å². The molecule has 2 rings (SSSR count). The van der Waals surface area contributed by atoms with Crippen LogP contribution in [0.2, 0.25) is 10.0 Å². The van der Waals surface area contributed by atoms with Gasteiger partial charge < -0.3 is 20.1 Å². The Morgan fingerprint density at radius 3 is 2.18 bits per heavy atom. The van der Waals surface area contributed by atoms with E-state index in [0.29, 0.717) is 16.4 Å². The Balaban J connectivity index is 1.82. The molecule has 0 radical (unpaired) electrons. The highest BCUT2D eigenvalue weighted by Gasteiger charge is 2.18. The zero-order chi connectivity index (χ0) is 20.7. The zero-order valence-corrected chi connectivity index (χ0v) is 16.6. The van der Waals surface area contributed by atoms with Crippen LogP contribution in [-0.4, -0.2) is 30.5 Å². The van der Waals surface area contributed by atoms with Crippen LogP contribution in [-0.2, 0) is 19.1 Å². The number of ether oxygens (including phenoxy) is 2. The molecule has 0 aromatic heterocycles. The van der Waals surface area contributed by atoms with Gasteiger partial charge in [0.2, 0.25) is 5.91 Å². The summed E-state index contributed by atoms with van der Waals surface area (Å²) in [5, 5.41) is 5.93. The van der Waals surface area contributed by atoms with Crippen molar-refractivity contribution in [2.75, 3.05) is 17.2 Å². The predicted octanol–water partition coefficient (Wildman–Crippen LogP) is 3.90. The average Bonchev–Trinajstić information content (AvgIpc) is 2.62. The summed E-state index contributed by atoms with van der Waals surface area (Å²) in [4.78, 5) is 35.0. The van der Waals surface area contributed by atoms with Crippen LogP contribution in [0.3, 0.4) is 0 Å². The van der Waals surface area contributed by atoms with Gasteiger partial charge in [-0.25, -0.2) is 4.79 Å². The number of halogens is 2. The minimum absolute atomic E-state index is 0.195. The van der Waals surface area contributed by atoms with Crippen molar-refractivity contribution in [1.82, 2.24) is 0 Å². The second-order valence-corrected chi connectivity index (χ2v) is 6.59. The second-order valence-electron chi connectivity index (χ2n) is 5.74. The highest BCUT2D eigenvalue weighted by molar-refractivity contribution is 6.35. The molecular weight excluding hydrogens is 407 g/mol. The summed E-state index contributed by atoms with van der Waals surface area (Å²) in [6.07, 6.45) is -1.04. The lowest BCUT2D eigenvalue weighted by molar-refractivity contribution is -0.155. The van der Waals surface area contributed by atoms with Gasteiger partial charge >= 0.3 is 5.97 Å². The number of benzene rings is 2. The monoisotopic (exact) mass is 424 g/mol. The molecule has 7 nitrogen and oxygen atoms in total. The largest absolute Gasteiger partial charge is 0.480 e. The fourth-order valence-corrected chi connectivity index (χ4v) is 2.56. The molecule has 2 amide bonds. The van der Waals surface area contributed by atoms with E-state index >= 15 is 0 Å². The van der Waals surface area contributed by atoms with Crippen LogP contribution in [0.1, 0.15) is 13.8 Å². The van der Waals surface area contributed by atoms with Gasteiger partial charge in [0.1, 0.15) is 5.75 Å². The standard InChI is InChI=1S/C19H18Cl2N2O5/c1-11(19(26)23-15-6-4-14(5-7-15)22-12(2)24)28-18(25)10-27-17-8-3-13(20)9-16(17)21/h3-9,11H,10H2,1-2H3,(H,22,24)(H,23,26)/t11-/m0/s1. The summed E-state index contributed by atoms with van der Waals surface area (Å²) < 4.78 is 10.3. The Bertz CT molecular complexity index is 871. The van der Waals surface area contributed by atoms with E-state index in [1.807, 2.05) is 0 Å². The molecule has 9 heteroatoms. The number of esters is 1. The number of nitrogens with one attached hydrogen (secondary N) is 2. The van der Waals surface area contributed by atoms with Crippen LogP contribution in [0.4, 0.5) is 11.4 Å². The van der Waals surface area contributed by atoms with Crippen molar-refractivity contribution in [3.63, 3.8) is 0 Å². The average molecular weight is 425 g/mol. The molecule has 1 atom stereocenters. The second kappa shape index (κ2) is 9.96. The third-order valence-corrected chi connectivity index (χ3v) is 3.92. The molecule has 0 aliphatic rings. The van der Waals surface area contributed by atoms with E-state index in [-0.39, 0.29) is 16.7 Å². The first kappa shape index (κ1) is 21.5. The molecule has 0 saturated carbocycles. The molecule has 0 spiro atoms. The van der Waals surface area contributed by atoms with Crippen molar-refractivity contribution in [2.45, 2.75) is 20.0 Å². The van der Waals surface area contributed by atoms with Crippen molar-refractivity contribution in [3.05, 3.63) is 52.5 Å². The summed E-state index contributed by atoms with van der Waals surface area (Å²) in [6.45, 7) is 2.43. The van der Waals surface area contributed by atoms with Gasteiger partial charge in [-0.05, 0) is 49.4 Å². The van der Waals surface area contributed by atoms with E-state index in [9.17, 15) is 14.4 Å². The Morgan fingerprint density at radius 2 is 1.61 bits per heavy atom. The molecule has 0 aliphatic heterocycles. The molecule has 0 heterocycles. The van der Waals surface area contributed by atoms with E-state index in [1.165, 1.54) is 26.0 Å². The highest BCUT2D eigenvalue weighted by Crippen LogP contribution is 2.27. The van der Waals surface area contributed by atoms with Gasteiger partial charge in [-0.1, -0.05) is 23.2 Å². The molecule has 2 N–H and O–H groups in total. The molecule has 0 aliphatic carbocycles. The zero-order valence-electron chi connectivity index (χ0n) is 15.1. The topological polar surface area (TPSA) is 93.7 Å². The van der Waals surface area contributed by atoms with E-state index in [1.54, 1.807) is 30.3 Å². The SMILES string of the molecule is CC(=O)Nc1ccc(NC(=O)[C@H](C)OC(=O)COc2ccc(Cl)cc2Cl)cc1. The maximum Gasteiger partial charge on any atom is 0.344 e. The van der Waals surface area contributed by atoms with Crippen LogP contribution in [0.5, 0.6) is 5.75 Å². The Kier molecular flexibility index (Phi) is 7.66. The first-order valence-electron chi connectivity index (χ1n) is 8.20. The maximum absolute atomic E-state index is 12.1. The van der Waals surface area contributed by atoms with Crippen molar-refractivity contribution in [2.24, 2.45) is 0 Å². The molecule has 0 saturated heterocycles. The van der Waals surface area contributed by atoms with E-state index in [2.05, 4.69) is 10.6 Å². The summed E-state index contributed by atoms with van der Waals surface area (Å²) in [5.41, 5.74) is 1.09. The first-order chi connectivity index (χ1) is 13.2. The van der Waals surface area contributed by atoms with Crippen molar-refractivity contribution >= 4 is 52.4 Å². The van der Waals surface area contributed by atoms with Crippen LogP contribution >= 0.6 is 23.2 Å². The van der Waals surface area contributed by atoms with E-state index < -0.39 is 24.6 Å². The number of rotatable bonds is 7. The van der Waals surface area contributed by atoms with Crippen LogP contribution in [0.25, 0.3) is 0 Å². The quantitative estimate of drug-likeness (QED) is 0.657. The summed E-state index contributed by atoms with van der Waals surface area (Å²) in [6, 6.07) is 11.1. The minimum atomic E-state index is -1.04. The van der Waals surface area contributed by atoms with E-state index in [0.717, 1.165) is 0 Å². The minimum Gasteiger partial charge on any atom is -0.480 e. The third kappa shape index (κ3) is 6.75. The number of hydrogen-bond donors (Lipinski definition) is 2. The fraction of sp³-hybridized carbons (Fsp3) is 0.211. The highest BCUT2D eigenvalue weighted by atomic mass is 35.5. The number of carbonyl (C=O) groups excluding carboxylic acids is 3. The lowest BCUT2D eigenvalue weighted by Gasteiger charge is -2.14. The maximum atomic E-state index is 12.1. The normalized spacial score (nSPS) is 11.3. The van der Waals surface area contributed by atoms with Crippen LogP contribution in [0.15, 0.2) is 42.5 Å². The lowest BCUT2D eigenvalue weighted by atomic mass is 10.2. The summed E-state index contributed by atoms with van der Waals surface area (Å²) in [5.74, 6) is -1.15. The summed E-state index contributed by atoms with van der Waals surface area (Å²) in [7, 11) is 0. The predicted molar refractivity (Wildman–Crippen MR) is 107 cm³/mol. The smallest absolute Gasteiger partial charge is 0.344 e. The van der Waals surface area contributed by atoms with Crippen molar-refractivity contribution in [3.8, 4) is 5.75 Å². The molecular formula is C19H18Cl2N2O5. The van der Waals surface area contributed by atoms with Crippen LogP contribution < -0.4 is 15.4 Å². The molecule has 2 aromatic carbocycles. The molecule has 28 heavy (non-hydrogen) atoms. The molecule has 2 aromatic rings. The number of anilines is 2. The number of amides is 2. The van der Waals surface area contributed by atoms with Gasteiger partial charge in [0.05, 0.1) is 5.02 Å². The molecule has 148 valence electrons. The van der Waals surface area contributed by atoms with E-state index in [4.69, 9.17) is 32.7 Å². The lowest BCUT2D eigenvalue weighted by Crippen LogP contribution is -2.31. The van der Waals surface area contributed by atoms with Crippen LogP contribution in [0, 0.1) is 0 Å². The Morgan fingerprint density at radius 1 is 1.00 bits per heavy atom. The van der Waals surface area contributed by atoms with Crippen molar-refractivity contribution < 1.29 is 23.9 Å². The number of carbonyl (C=O) groups is 3. The van der Waals surface area contributed by atoms with Crippen molar-refractivity contribution in [1.29, 1.82) is 0 Å². The molecule has 0 bridgehead atoms. The Hall–Kier alpha value is -2.77.